The number of halogens is 5. The van der Waals surface area contributed by atoms with Crippen molar-refractivity contribution in [3.8, 4) is 0 Å². The fourth-order valence-corrected chi connectivity index (χ4v) is 5.18. The van der Waals surface area contributed by atoms with Gasteiger partial charge >= 0.3 is 6.18 Å². The van der Waals surface area contributed by atoms with Gasteiger partial charge in [0.1, 0.15) is 5.67 Å². The number of ether oxygens (including phenoxy) is 1. The van der Waals surface area contributed by atoms with Crippen molar-refractivity contribution in [2.24, 2.45) is 0 Å². The Hall–Kier alpha value is -2.54. The first kappa shape index (κ1) is 27.0. The van der Waals surface area contributed by atoms with E-state index in [1.165, 1.54) is 12.1 Å². The first-order valence-electron chi connectivity index (χ1n) is 12.5. The first-order chi connectivity index (χ1) is 18.1. The number of carbonyl (C=O) groups is 1. The van der Waals surface area contributed by atoms with Crippen LogP contribution in [0.2, 0.25) is 0 Å². The Morgan fingerprint density at radius 1 is 1.08 bits per heavy atom. The Kier molecular flexibility index (Phi) is 7.77. The van der Waals surface area contributed by atoms with Crippen LogP contribution < -0.4 is 5.32 Å². The number of nitrogens with one attached hydrogen (secondary N) is 1. The summed E-state index contributed by atoms with van der Waals surface area (Å²) in [6, 6.07) is 9.93. The molecule has 1 N–H and O–H groups in total. The third-order valence-corrected chi connectivity index (χ3v) is 7.75. The average Bonchev–Trinajstić information content (AvgIpc) is 3.20. The molecular formula is C26H28BrF4N5O2. The number of nitrogens with zero attached hydrogens (tertiary/aromatic N) is 4. The summed E-state index contributed by atoms with van der Waals surface area (Å²) in [6.07, 6.45) is -4.18. The number of hydrogen-bond donors (Lipinski definition) is 1. The molecule has 5 rings (SSSR count). The number of anilines is 1. The van der Waals surface area contributed by atoms with Gasteiger partial charge in [0.15, 0.2) is 0 Å². The van der Waals surface area contributed by atoms with E-state index in [-0.39, 0.29) is 30.9 Å². The van der Waals surface area contributed by atoms with Crippen LogP contribution in [0.5, 0.6) is 0 Å². The van der Waals surface area contributed by atoms with Gasteiger partial charge in [0.25, 0.3) is 5.91 Å². The van der Waals surface area contributed by atoms with Crippen LogP contribution in [0.25, 0.3) is 11.0 Å². The molecule has 204 valence electrons. The van der Waals surface area contributed by atoms with Crippen molar-refractivity contribution >= 4 is 39.0 Å². The number of imidazole rings is 1. The molecular weight excluding hydrogens is 570 g/mol. The van der Waals surface area contributed by atoms with Crippen molar-refractivity contribution in [1.82, 2.24) is 18.4 Å². The van der Waals surface area contributed by atoms with Crippen LogP contribution in [-0.2, 0) is 24.0 Å². The second-order valence-corrected chi connectivity index (χ2v) is 10.8. The van der Waals surface area contributed by atoms with Crippen LogP contribution in [0.1, 0.15) is 34.3 Å². The van der Waals surface area contributed by atoms with Gasteiger partial charge in [-0.3, -0.25) is 15.0 Å². The van der Waals surface area contributed by atoms with Gasteiger partial charge in [-0.25, -0.2) is 13.3 Å². The van der Waals surface area contributed by atoms with Crippen molar-refractivity contribution in [2.45, 2.75) is 37.8 Å². The monoisotopic (exact) mass is 597 g/mol. The maximum atomic E-state index is 15.7. The zero-order chi connectivity index (χ0) is 26.9. The first-order valence-corrected chi connectivity index (χ1v) is 13.2. The lowest BCUT2D eigenvalue weighted by Gasteiger charge is -2.31. The molecule has 0 saturated carbocycles. The van der Waals surface area contributed by atoms with Crippen molar-refractivity contribution in [1.29, 1.82) is 0 Å². The number of amides is 1. The fourth-order valence-electron chi connectivity index (χ4n) is 4.86. The molecule has 2 aliphatic heterocycles. The number of benzene rings is 2. The summed E-state index contributed by atoms with van der Waals surface area (Å²) in [7, 11) is 0. The minimum absolute atomic E-state index is 0.0579. The Bertz CT molecular complexity index is 1300. The fraction of sp³-hybridized carbons (Fsp3) is 0.462. The maximum absolute atomic E-state index is 15.7. The minimum Gasteiger partial charge on any atom is -0.381 e. The molecule has 0 aliphatic carbocycles. The van der Waals surface area contributed by atoms with Crippen LogP contribution in [0.3, 0.4) is 0 Å². The quantitative estimate of drug-likeness (QED) is 0.310. The molecule has 1 aromatic heterocycles. The van der Waals surface area contributed by atoms with E-state index in [9.17, 15) is 18.0 Å². The molecule has 7 nitrogen and oxygen atoms in total. The van der Waals surface area contributed by atoms with Gasteiger partial charge in [0.2, 0.25) is 5.95 Å². The summed E-state index contributed by atoms with van der Waals surface area (Å²) in [5, 5.41) is 2.63. The van der Waals surface area contributed by atoms with Gasteiger partial charge in [0, 0.05) is 80.5 Å². The molecule has 12 heteroatoms. The van der Waals surface area contributed by atoms with Gasteiger partial charge in [-0.1, -0.05) is 12.1 Å². The smallest absolute Gasteiger partial charge is 0.381 e. The van der Waals surface area contributed by atoms with Crippen LogP contribution in [0, 0.1) is 0 Å². The van der Waals surface area contributed by atoms with E-state index in [0.717, 1.165) is 50.4 Å². The second-order valence-electron chi connectivity index (χ2n) is 9.83. The van der Waals surface area contributed by atoms with Crippen LogP contribution in [-0.4, -0.2) is 69.3 Å². The number of aromatic nitrogens is 2. The highest BCUT2D eigenvalue weighted by Gasteiger charge is 2.35. The summed E-state index contributed by atoms with van der Waals surface area (Å²) in [5.74, 6) is -0.656. The Labute approximate surface area is 226 Å². The predicted octanol–water partition coefficient (Wildman–Crippen LogP) is 5.25. The van der Waals surface area contributed by atoms with E-state index in [1.54, 1.807) is 4.57 Å². The number of hydrogen-bond acceptors (Lipinski definition) is 5. The van der Waals surface area contributed by atoms with Gasteiger partial charge in [-0.2, -0.15) is 13.2 Å². The molecule has 0 unspecified atom stereocenters. The van der Waals surface area contributed by atoms with Gasteiger partial charge in [0.05, 0.1) is 23.1 Å². The molecule has 2 aliphatic rings. The van der Waals surface area contributed by atoms with Gasteiger partial charge < -0.3 is 9.30 Å². The zero-order valence-electron chi connectivity index (χ0n) is 20.6. The van der Waals surface area contributed by atoms with Crippen molar-refractivity contribution in [2.75, 3.05) is 44.7 Å². The molecule has 3 heterocycles. The number of fused-ring (bicyclic) bond motifs is 1. The molecule has 0 spiro atoms. The number of carbonyl (C=O) groups excluding carboxylic acids is 1. The zero-order valence-corrected chi connectivity index (χ0v) is 22.2. The third-order valence-electron chi connectivity index (χ3n) is 7.04. The second kappa shape index (κ2) is 10.9. The largest absolute Gasteiger partial charge is 0.416 e. The molecule has 2 saturated heterocycles. The summed E-state index contributed by atoms with van der Waals surface area (Å²) in [5.41, 5.74) is -0.393. The number of piperazine rings is 1. The van der Waals surface area contributed by atoms with Crippen LogP contribution in [0.4, 0.5) is 23.5 Å². The highest BCUT2D eigenvalue weighted by Crippen LogP contribution is 2.32. The predicted molar refractivity (Wildman–Crippen MR) is 139 cm³/mol. The van der Waals surface area contributed by atoms with Crippen LogP contribution >= 0.6 is 16.1 Å². The summed E-state index contributed by atoms with van der Waals surface area (Å²) < 4.78 is 64.3. The molecule has 3 aromatic rings. The highest BCUT2D eigenvalue weighted by molar-refractivity contribution is 9.07. The Morgan fingerprint density at radius 2 is 1.82 bits per heavy atom. The molecule has 2 fully saturated rings. The maximum Gasteiger partial charge on any atom is 0.416 e. The Balaban J connectivity index is 1.45. The van der Waals surface area contributed by atoms with E-state index >= 15 is 4.39 Å². The summed E-state index contributed by atoms with van der Waals surface area (Å²) >= 11 is 3.50. The van der Waals surface area contributed by atoms with E-state index in [0.29, 0.717) is 24.2 Å². The van der Waals surface area contributed by atoms with Gasteiger partial charge in [-0.15, -0.1) is 0 Å². The standard InChI is InChI=1S/C26H28BrF4N5O2/c27-35-10-8-34(9-11-35)16-18-4-5-22-21(14-18)32-24(36(22)17-25(28)6-12-38-13-7-25)33-23(37)19-2-1-3-20(15-19)26(29,30)31/h1-5,14-15H,6-13,16-17H2,(H,32,33,37). The van der Waals surface area contributed by atoms with E-state index < -0.39 is 23.3 Å². The van der Waals surface area contributed by atoms with E-state index in [1.807, 2.05) is 18.2 Å². The number of rotatable bonds is 6. The molecule has 1 amide bonds. The molecule has 0 radical (unpaired) electrons. The number of alkyl halides is 4. The van der Waals surface area contributed by atoms with E-state index in [4.69, 9.17) is 4.74 Å². The molecule has 38 heavy (non-hydrogen) atoms. The minimum atomic E-state index is -4.58. The molecule has 0 bridgehead atoms. The van der Waals surface area contributed by atoms with Crippen molar-refractivity contribution in [3.63, 3.8) is 0 Å². The average molecular weight is 598 g/mol. The lowest BCUT2D eigenvalue weighted by Crippen LogP contribution is -2.41. The normalized spacial score (nSPS) is 19.1. The lowest BCUT2D eigenvalue weighted by atomic mass is 9.96. The topological polar surface area (TPSA) is 62.6 Å². The van der Waals surface area contributed by atoms with Gasteiger partial charge in [-0.05, 0) is 35.9 Å². The van der Waals surface area contributed by atoms with Crippen LogP contribution in [0.15, 0.2) is 42.5 Å². The van der Waals surface area contributed by atoms with Crippen molar-refractivity contribution < 1.29 is 27.1 Å². The Morgan fingerprint density at radius 3 is 2.53 bits per heavy atom. The van der Waals surface area contributed by atoms with E-state index in [2.05, 4.69) is 35.3 Å². The summed E-state index contributed by atoms with van der Waals surface area (Å²) in [6.45, 7) is 4.88. The van der Waals surface area contributed by atoms with Crippen molar-refractivity contribution in [3.05, 3.63) is 59.2 Å². The molecule has 0 atom stereocenters. The third kappa shape index (κ3) is 6.19. The SMILES string of the molecule is O=C(Nc1nc2cc(CN3CCN(Br)CC3)ccc2n1CC1(F)CCOCC1)c1cccc(C(F)(F)F)c1. The lowest BCUT2D eigenvalue weighted by molar-refractivity contribution is -0.137. The highest BCUT2D eigenvalue weighted by atomic mass is 79.9. The molecule has 2 aromatic carbocycles. The summed E-state index contributed by atoms with van der Waals surface area (Å²) in [4.78, 5) is 19.9.